The summed E-state index contributed by atoms with van der Waals surface area (Å²) in [4.78, 5) is 22.7. The van der Waals surface area contributed by atoms with E-state index < -0.39 is 5.97 Å². The molecule has 0 unspecified atom stereocenters. The van der Waals surface area contributed by atoms with E-state index in [0.717, 1.165) is 0 Å². The van der Waals surface area contributed by atoms with Crippen LogP contribution < -0.4 is 66.5 Å². The average molecular weight is 309 g/mol. The monoisotopic (exact) mass is 309 g/mol. The average Bonchev–Trinajstić information content (AvgIpc) is 2.48. The first-order valence-electron chi connectivity index (χ1n) is 5.87. The first kappa shape index (κ1) is 17.9. The summed E-state index contributed by atoms with van der Waals surface area (Å²) >= 11 is 0. The Morgan fingerprint density at radius 1 is 1.00 bits per heavy atom. The number of aromatic carboxylic acids is 1. The van der Waals surface area contributed by atoms with E-state index in [1.165, 1.54) is 31.4 Å². The first-order valence-corrected chi connectivity index (χ1v) is 5.87. The number of anilines is 1. The Morgan fingerprint density at radius 3 is 2.14 bits per heavy atom. The first-order chi connectivity index (χ1) is 9.61. The van der Waals surface area contributed by atoms with Crippen LogP contribution in [0.15, 0.2) is 48.5 Å². The molecule has 0 aromatic heterocycles. The molecule has 0 atom stereocenters. The van der Waals surface area contributed by atoms with Crippen molar-refractivity contribution in [3.05, 3.63) is 59.7 Å². The Morgan fingerprint density at radius 2 is 1.57 bits per heavy atom. The zero-order valence-corrected chi connectivity index (χ0v) is 14.9. The van der Waals surface area contributed by atoms with Crippen molar-refractivity contribution >= 4 is 17.6 Å². The number of methoxy groups -OCH3 is 1. The van der Waals surface area contributed by atoms with Crippen molar-refractivity contribution in [2.24, 2.45) is 0 Å². The summed E-state index contributed by atoms with van der Waals surface area (Å²) in [5, 5.41) is 13.3. The molecule has 2 aromatic carbocycles. The van der Waals surface area contributed by atoms with Crippen LogP contribution in [0.4, 0.5) is 5.69 Å². The van der Waals surface area contributed by atoms with Crippen LogP contribution in [0, 0.1) is 0 Å². The van der Waals surface area contributed by atoms with Crippen molar-refractivity contribution in [3.63, 3.8) is 0 Å². The standard InChI is InChI=1S/C15H13NO4.K/c1-20-13-5-3-2-4-12(13)16-14(17)10-6-8-11(9-7-10)15(18)19;/h2-9H,1H3,(H,16,17)(H,18,19);/q;+1/p-1. The molecular formula is C15H12KNO4. The van der Waals surface area contributed by atoms with Crippen LogP contribution in [0.3, 0.4) is 0 Å². The van der Waals surface area contributed by atoms with Gasteiger partial charge in [0.15, 0.2) is 0 Å². The van der Waals surface area contributed by atoms with Crippen LogP contribution in [0.1, 0.15) is 20.7 Å². The molecule has 2 aromatic rings. The Bertz CT molecular complexity index is 640. The summed E-state index contributed by atoms with van der Waals surface area (Å²) in [6, 6.07) is 12.5. The molecule has 0 saturated carbocycles. The van der Waals surface area contributed by atoms with Gasteiger partial charge in [0, 0.05) is 5.56 Å². The number of benzene rings is 2. The minimum atomic E-state index is -1.28. The summed E-state index contributed by atoms with van der Waals surface area (Å²) in [5.41, 5.74) is 0.920. The Labute approximate surface area is 164 Å². The van der Waals surface area contributed by atoms with E-state index in [1.807, 2.05) is 0 Å². The Hall–Kier alpha value is -1.18. The van der Waals surface area contributed by atoms with E-state index in [2.05, 4.69) is 5.32 Å². The van der Waals surface area contributed by atoms with Crippen molar-refractivity contribution in [3.8, 4) is 5.75 Å². The molecule has 0 heterocycles. The number of para-hydroxylation sites is 2. The Kier molecular flexibility index (Phi) is 7.07. The predicted molar refractivity (Wildman–Crippen MR) is 71.7 cm³/mol. The van der Waals surface area contributed by atoms with Gasteiger partial charge in [0.1, 0.15) is 5.75 Å². The van der Waals surface area contributed by atoms with Crippen molar-refractivity contribution in [2.45, 2.75) is 0 Å². The van der Waals surface area contributed by atoms with Crippen LogP contribution in [0.5, 0.6) is 5.75 Å². The number of amides is 1. The molecule has 0 spiro atoms. The second-order valence-electron chi connectivity index (χ2n) is 4.02. The molecule has 0 saturated heterocycles. The predicted octanol–water partition coefficient (Wildman–Crippen LogP) is -1.68. The topological polar surface area (TPSA) is 78.5 Å². The van der Waals surface area contributed by atoms with Gasteiger partial charge < -0.3 is 20.0 Å². The molecule has 1 amide bonds. The van der Waals surface area contributed by atoms with E-state index in [1.54, 1.807) is 24.3 Å². The number of ether oxygens (including phenoxy) is 1. The molecule has 6 heteroatoms. The van der Waals surface area contributed by atoms with Gasteiger partial charge in [-0.25, -0.2) is 0 Å². The van der Waals surface area contributed by atoms with E-state index in [0.29, 0.717) is 17.0 Å². The molecule has 0 aliphatic heterocycles. The quantitative estimate of drug-likeness (QED) is 0.684. The number of carbonyl (C=O) groups excluding carboxylic acids is 2. The zero-order chi connectivity index (χ0) is 14.5. The second kappa shape index (κ2) is 8.31. The van der Waals surface area contributed by atoms with Crippen LogP contribution in [0.2, 0.25) is 0 Å². The maximum Gasteiger partial charge on any atom is 1.00 e. The van der Waals surface area contributed by atoms with E-state index in [4.69, 9.17) is 4.74 Å². The van der Waals surface area contributed by atoms with Crippen molar-refractivity contribution in [1.29, 1.82) is 0 Å². The second-order valence-corrected chi connectivity index (χ2v) is 4.02. The number of hydrogen-bond donors (Lipinski definition) is 1. The fourth-order valence-electron chi connectivity index (χ4n) is 1.70. The van der Waals surface area contributed by atoms with Crippen LogP contribution in [0.25, 0.3) is 0 Å². The molecule has 0 aliphatic carbocycles. The fourth-order valence-corrected chi connectivity index (χ4v) is 1.70. The summed E-state index contributed by atoms with van der Waals surface area (Å²) < 4.78 is 5.13. The van der Waals surface area contributed by atoms with Gasteiger partial charge in [0.25, 0.3) is 5.91 Å². The molecule has 0 radical (unpaired) electrons. The summed E-state index contributed by atoms with van der Waals surface area (Å²) in [5.74, 6) is -1.08. The molecule has 0 aliphatic rings. The van der Waals surface area contributed by atoms with E-state index >= 15 is 0 Å². The number of hydrogen-bond acceptors (Lipinski definition) is 4. The van der Waals surface area contributed by atoms with E-state index in [-0.39, 0.29) is 62.9 Å². The van der Waals surface area contributed by atoms with Gasteiger partial charge in [-0.1, -0.05) is 24.3 Å². The van der Waals surface area contributed by atoms with Crippen molar-refractivity contribution in [1.82, 2.24) is 0 Å². The van der Waals surface area contributed by atoms with Crippen LogP contribution in [-0.4, -0.2) is 19.0 Å². The molecule has 5 nitrogen and oxygen atoms in total. The summed E-state index contributed by atoms with van der Waals surface area (Å²) in [7, 11) is 1.51. The van der Waals surface area contributed by atoms with Gasteiger partial charge >= 0.3 is 51.4 Å². The largest absolute Gasteiger partial charge is 1.00 e. The van der Waals surface area contributed by atoms with Crippen molar-refractivity contribution in [2.75, 3.05) is 12.4 Å². The molecular weight excluding hydrogens is 297 g/mol. The number of carboxylic acids is 1. The normalized spacial score (nSPS) is 9.38. The minimum absolute atomic E-state index is 0. The third kappa shape index (κ3) is 4.65. The number of rotatable bonds is 4. The third-order valence-corrected chi connectivity index (χ3v) is 2.74. The number of carbonyl (C=O) groups is 2. The van der Waals surface area contributed by atoms with Gasteiger partial charge in [0.05, 0.1) is 18.8 Å². The number of carboxylic acid groups (broad SMARTS) is 1. The van der Waals surface area contributed by atoms with Crippen LogP contribution >= 0.6 is 0 Å². The van der Waals surface area contributed by atoms with Gasteiger partial charge in [-0.2, -0.15) is 0 Å². The minimum Gasteiger partial charge on any atom is -0.545 e. The fraction of sp³-hybridized carbons (Fsp3) is 0.0667. The SMILES string of the molecule is COc1ccccc1NC(=O)c1ccc(C(=O)[O-])cc1.[K+]. The molecule has 21 heavy (non-hydrogen) atoms. The zero-order valence-electron chi connectivity index (χ0n) is 11.8. The molecule has 1 N–H and O–H groups in total. The molecule has 102 valence electrons. The number of nitrogens with one attached hydrogen (secondary N) is 1. The third-order valence-electron chi connectivity index (χ3n) is 2.74. The molecule has 0 fully saturated rings. The van der Waals surface area contributed by atoms with Crippen LogP contribution in [-0.2, 0) is 0 Å². The van der Waals surface area contributed by atoms with Crippen molar-refractivity contribution < 1.29 is 70.8 Å². The molecule has 0 bridgehead atoms. The summed E-state index contributed by atoms with van der Waals surface area (Å²) in [6.45, 7) is 0. The Balaban J connectivity index is 0.00000220. The van der Waals surface area contributed by atoms with Gasteiger partial charge in [-0.15, -0.1) is 0 Å². The summed E-state index contributed by atoms with van der Waals surface area (Å²) in [6.07, 6.45) is 0. The molecule has 2 rings (SSSR count). The maximum absolute atomic E-state index is 12.0. The van der Waals surface area contributed by atoms with Gasteiger partial charge in [-0.05, 0) is 29.8 Å². The smallest absolute Gasteiger partial charge is 0.545 e. The van der Waals surface area contributed by atoms with Gasteiger partial charge in [0.2, 0.25) is 0 Å². The van der Waals surface area contributed by atoms with Gasteiger partial charge in [-0.3, -0.25) is 4.79 Å². The van der Waals surface area contributed by atoms with E-state index in [9.17, 15) is 14.7 Å². The maximum atomic E-state index is 12.0.